The first-order valence-electron chi connectivity index (χ1n) is 9.84. The van der Waals surface area contributed by atoms with Crippen LogP contribution >= 0.6 is 0 Å². The smallest absolute Gasteiger partial charge is 0.262 e. The molecule has 4 rings (SSSR count). The molecule has 2 amide bonds. The molecule has 2 aliphatic rings. The number of fused-ring (bicyclic) bond motifs is 1. The minimum atomic E-state index is -3.76. The largest absolute Gasteiger partial charge is 0.497 e. The minimum absolute atomic E-state index is 0.0565. The average molecular weight is 445 g/mol. The number of hydrogen-bond donors (Lipinski definition) is 1. The van der Waals surface area contributed by atoms with Gasteiger partial charge in [0.1, 0.15) is 11.5 Å². The highest BCUT2D eigenvalue weighted by Crippen LogP contribution is 2.31. The van der Waals surface area contributed by atoms with Crippen molar-refractivity contribution >= 4 is 27.5 Å². The molecule has 10 heteroatoms. The third-order valence-corrected chi connectivity index (χ3v) is 7.20. The summed E-state index contributed by atoms with van der Waals surface area (Å²) in [5.74, 6) is 0.739. The van der Waals surface area contributed by atoms with Gasteiger partial charge in [0.05, 0.1) is 24.1 Å². The van der Waals surface area contributed by atoms with Gasteiger partial charge in [0.15, 0.2) is 6.61 Å². The Bertz CT molecular complexity index is 1110. The molecular weight excluding hydrogens is 422 g/mol. The van der Waals surface area contributed by atoms with Crippen LogP contribution in [-0.2, 0) is 26.0 Å². The van der Waals surface area contributed by atoms with Crippen LogP contribution in [0.2, 0.25) is 0 Å². The van der Waals surface area contributed by atoms with Crippen LogP contribution in [-0.4, -0.2) is 69.3 Å². The summed E-state index contributed by atoms with van der Waals surface area (Å²) in [6.45, 7) is 0.933. The number of carbonyl (C=O) groups excluding carboxylic acids is 2. The van der Waals surface area contributed by atoms with Crippen molar-refractivity contribution in [2.45, 2.75) is 11.3 Å². The lowest BCUT2D eigenvalue weighted by Crippen LogP contribution is -2.50. The summed E-state index contributed by atoms with van der Waals surface area (Å²) < 4.78 is 37.9. The van der Waals surface area contributed by atoms with Crippen LogP contribution in [0.4, 0.5) is 5.69 Å². The van der Waals surface area contributed by atoms with Crippen molar-refractivity contribution in [3.05, 3.63) is 48.0 Å². The zero-order valence-electron chi connectivity index (χ0n) is 17.0. The van der Waals surface area contributed by atoms with E-state index in [4.69, 9.17) is 9.47 Å². The lowest BCUT2D eigenvalue weighted by Gasteiger charge is -2.34. The molecule has 9 nitrogen and oxygen atoms in total. The van der Waals surface area contributed by atoms with Crippen LogP contribution in [0.15, 0.2) is 47.4 Å². The number of piperazine rings is 1. The number of ether oxygens (including phenoxy) is 2. The Morgan fingerprint density at radius 1 is 1.13 bits per heavy atom. The Balaban J connectivity index is 1.40. The van der Waals surface area contributed by atoms with E-state index in [0.717, 1.165) is 5.56 Å². The molecule has 2 aromatic carbocycles. The number of benzene rings is 2. The van der Waals surface area contributed by atoms with Crippen LogP contribution in [0.5, 0.6) is 11.5 Å². The number of amides is 2. The Kier molecular flexibility index (Phi) is 5.84. The molecule has 31 heavy (non-hydrogen) atoms. The molecule has 0 aliphatic carbocycles. The second-order valence-electron chi connectivity index (χ2n) is 7.31. The summed E-state index contributed by atoms with van der Waals surface area (Å²) in [4.78, 5) is 25.9. The summed E-state index contributed by atoms with van der Waals surface area (Å²) in [6, 6.07) is 11.7. The highest BCUT2D eigenvalue weighted by molar-refractivity contribution is 7.89. The SMILES string of the molecule is COc1cccc(CC(=O)N2CCN(S(=O)(=O)c3ccc4c(c3)NC(=O)CO4)CC2)c1. The molecule has 1 N–H and O–H groups in total. The monoisotopic (exact) mass is 445 g/mol. The number of nitrogens with one attached hydrogen (secondary N) is 1. The van der Waals surface area contributed by atoms with Crippen molar-refractivity contribution in [2.24, 2.45) is 0 Å². The second-order valence-corrected chi connectivity index (χ2v) is 9.25. The summed E-state index contributed by atoms with van der Waals surface area (Å²) in [5, 5.41) is 2.62. The quantitative estimate of drug-likeness (QED) is 0.739. The van der Waals surface area contributed by atoms with Crippen molar-refractivity contribution in [1.29, 1.82) is 0 Å². The lowest BCUT2D eigenvalue weighted by atomic mass is 10.1. The first kappa shape index (κ1) is 21.1. The third-order valence-electron chi connectivity index (χ3n) is 5.30. The number of methoxy groups -OCH3 is 1. The molecule has 0 aromatic heterocycles. The van der Waals surface area contributed by atoms with E-state index in [1.54, 1.807) is 12.0 Å². The van der Waals surface area contributed by atoms with Gasteiger partial charge in [-0.1, -0.05) is 12.1 Å². The van der Waals surface area contributed by atoms with Gasteiger partial charge in [-0.15, -0.1) is 0 Å². The first-order chi connectivity index (χ1) is 14.9. The highest BCUT2D eigenvalue weighted by Gasteiger charge is 2.31. The van der Waals surface area contributed by atoms with Gasteiger partial charge in [0.25, 0.3) is 5.91 Å². The van der Waals surface area contributed by atoms with E-state index in [9.17, 15) is 18.0 Å². The van der Waals surface area contributed by atoms with Crippen molar-refractivity contribution in [3.63, 3.8) is 0 Å². The van der Waals surface area contributed by atoms with Gasteiger partial charge in [-0.3, -0.25) is 9.59 Å². The van der Waals surface area contributed by atoms with Crippen molar-refractivity contribution < 1.29 is 27.5 Å². The molecule has 0 bridgehead atoms. The number of rotatable bonds is 5. The number of nitrogens with zero attached hydrogens (tertiary/aromatic N) is 2. The van der Waals surface area contributed by atoms with E-state index in [0.29, 0.717) is 30.3 Å². The summed E-state index contributed by atoms with van der Waals surface area (Å²) in [6.07, 6.45) is 0.231. The Hall–Kier alpha value is -3.11. The summed E-state index contributed by atoms with van der Waals surface area (Å²) in [7, 11) is -2.18. The molecule has 0 saturated carbocycles. The maximum Gasteiger partial charge on any atom is 0.262 e. The van der Waals surface area contributed by atoms with Gasteiger partial charge in [0, 0.05) is 26.2 Å². The van der Waals surface area contributed by atoms with Gasteiger partial charge < -0.3 is 19.7 Å². The Labute approximate surface area is 180 Å². The lowest BCUT2D eigenvalue weighted by molar-refractivity contribution is -0.131. The maximum absolute atomic E-state index is 13.0. The predicted molar refractivity (Wildman–Crippen MR) is 113 cm³/mol. The standard InChI is InChI=1S/C21H23N3O6S/c1-29-16-4-2-3-15(11-16)12-21(26)23-7-9-24(10-8-23)31(27,28)17-5-6-19-18(13-17)22-20(25)14-30-19/h2-6,11,13H,7-10,12,14H2,1H3,(H,22,25). The van der Waals surface area contributed by atoms with E-state index in [-0.39, 0.29) is 42.8 Å². The maximum atomic E-state index is 13.0. The minimum Gasteiger partial charge on any atom is -0.497 e. The third kappa shape index (κ3) is 4.49. The van der Waals surface area contributed by atoms with E-state index in [1.165, 1.54) is 22.5 Å². The molecule has 0 atom stereocenters. The molecule has 1 saturated heterocycles. The predicted octanol–water partition coefficient (Wildman–Crippen LogP) is 1.10. The summed E-state index contributed by atoms with van der Waals surface area (Å²) >= 11 is 0. The Morgan fingerprint density at radius 2 is 1.90 bits per heavy atom. The van der Waals surface area contributed by atoms with Gasteiger partial charge in [-0.05, 0) is 35.9 Å². The van der Waals surface area contributed by atoms with Crippen LogP contribution in [0.1, 0.15) is 5.56 Å². The van der Waals surface area contributed by atoms with Gasteiger partial charge >= 0.3 is 0 Å². The molecule has 2 aliphatic heterocycles. The fourth-order valence-corrected chi connectivity index (χ4v) is 5.07. The fourth-order valence-electron chi connectivity index (χ4n) is 3.62. The molecule has 0 radical (unpaired) electrons. The van der Waals surface area contributed by atoms with Crippen LogP contribution in [0, 0.1) is 0 Å². The van der Waals surface area contributed by atoms with E-state index in [1.807, 2.05) is 24.3 Å². The van der Waals surface area contributed by atoms with Crippen LogP contribution in [0.3, 0.4) is 0 Å². The number of hydrogen-bond acceptors (Lipinski definition) is 6. The number of anilines is 1. The molecule has 0 unspecified atom stereocenters. The van der Waals surface area contributed by atoms with E-state index < -0.39 is 10.0 Å². The average Bonchev–Trinajstić information content (AvgIpc) is 2.78. The van der Waals surface area contributed by atoms with Crippen molar-refractivity contribution in [1.82, 2.24) is 9.21 Å². The van der Waals surface area contributed by atoms with Crippen LogP contribution < -0.4 is 14.8 Å². The fraction of sp³-hybridized carbons (Fsp3) is 0.333. The van der Waals surface area contributed by atoms with Gasteiger partial charge in [-0.25, -0.2) is 8.42 Å². The van der Waals surface area contributed by atoms with Gasteiger partial charge in [-0.2, -0.15) is 4.31 Å². The number of sulfonamides is 1. The molecule has 2 heterocycles. The second kappa shape index (κ2) is 8.56. The topological polar surface area (TPSA) is 105 Å². The molecule has 2 aromatic rings. The molecule has 1 fully saturated rings. The molecule has 0 spiro atoms. The number of carbonyl (C=O) groups is 2. The first-order valence-corrected chi connectivity index (χ1v) is 11.3. The normalized spacial score (nSPS) is 16.8. The van der Waals surface area contributed by atoms with Crippen molar-refractivity contribution in [3.8, 4) is 11.5 Å². The van der Waals surface area contributed by atoms with Crippen LogP contribution in [0.25, 0.3) is 0 Å². The highest BCUT2D eigenvalue weighted by atomic mass is 32.2. The van der Waals surface area contributed by atoms with E-state index >= 15 is 0 Å². The zero-order chi connectivity index (χ0) is 22.0. The summed E-state index contributed by atoms with van der Waals surface area (Å²) in [5.41, 5.74) is 1.18. The Morgan fingerprint density at radius 3 is 2.65 bits per heavy atom. The van der Waals surface area contributed by atoms with Crippen molar-refractivity contribution in [2.75, 3.05) is 45.2 Å². The molecule has 164 valence electrons. The zero-order valence-corrected chi connectivity index (χ0v) is 17.9. The van der Waals surface area contributed by atoms with Gasteiger partial charge in [0.2, 0.25) is 15.9 Å². The molecular formula is C21H23N3O6S. The van der Waals surface area contributed by atoms with E-state index in [2.05, 4.69) is 5.32 Å².